The first-order valence-electron chi connectivity index (χ1n) is 13.9. The van der Waals surface area contributed by atoms with E-state index in [1.807, 2.05) is 13.8 Å². The third kappa shape index (κ3) is 9.34. The fourth-order valence-corrected chi connectivity index (χ4v) is 6.07. The summed E-state index contributed by atoms with van der Waals surface area (Å²) in [6.07, 6.45) is 13.3. The maximum Gasteiger partial charge on any atom is 0.309 e. The number of rotatable bonds is 15. The van der Waals surface area contributed by atoms with Gasteiger partial charge in [0.05, 0.1) is 5.41 Å². The molecule has 6 nitrogen and oxygen atoms in total. The molecule has 200 valence electrons. The molecule has 4 unspecified atom stereocenters. The summed E-state index contributed by atoms with van der Waals surface area (Å²) in [6.45, 7) is 7.81. The van der Waals surface area contributed by atoms with Gasteiger partial charge in [-0.2, -0.15) is 0 Å². The van der Waals surface area contributed by atoms with E-state index < -0.39 is 17.0 Å². The third-order valence-electron chi connectivity index (χ3n) is 8.56. The molecule has 0 aromatic carbocycles. The Labute approximate surface area is 211 Å². The SMILES string of the molecule is CC(C)(CCCC1CCCC(CCCC2CCCC(CCCC(C)(C)C(=O)O)C2=O)C1=O)OC=O. The van der Waals surface area contributed by atoms with E-state index >= 15 is 0 Å². The van der Waals surface area contributed by atoms with Gasteiger partial charge in [-0.15, -0.1) is 0 Å². The van der Waals surface area contributed by atoms with Gasteiger partial charge < -0.3 is 9.84 Å². The van der Waals surface area contributed by atoms with Gasteiger partial charge in [0.15, 0.2) is 0 Å². The molecule has 2 saturated carbocycles. The van der Waals surface area contributed by atoms with Crippen LogP contribution in [0.2, 0.25) is 0 Å². The summed E-state index contributed by atoms with van der Waals surface area (Å²) in [6, 6.07) is 0. The van der Waals surface area contributed by atoms with Crippen LogP contribution in [0.5, 0.6) is 0 Å². The molecule has 0 bridgehead atoms. The van der Waals surface area contributed by atoms with Crippen molar-refractivity contribution in [1.29, 1.82) is 0 Å². The van der Waals surface area contributed by atoms with Gasteiger partial charge in [-0.25, -0.2) is 0 Å². The molecule has 0 aromatic rings. The topological polar surface area (TPSA) is 97.7 Å². The number of Topliss-reactive ketones (excluding diaryl/α,β-unsaturated/α-hetero) is 2. The van der Waals surface area contributed by atoms with Crippen molar-refractivity contribution in [1.82, 2.24) is 0 Å². The van der Waals surface area contributed by atoms with Crippen LogP contribution in [0.4, 0.5) is 0 Å². The molecule has 0 spiro atoms. The minimum Gasteiger partial charge on any atom is -0.481 e. The molecule has 4 atom stereocenters. The van der Waals surface area contributed by atoms with Gasteiger partial charge in [0, 0.05) is 23.7 Å². The predicted octanol–water partition coefficient (Wildman–Crippen LogP) is 6.53. The molecule has 2 fully saturated rings. The lowest BCUT2D eigenvalue weighted by atomic mass is 9.73. The van der Waals surface area contributed by atoms with Gasteiger partial charge in [-0.1, -0.05) is 25.7 Å². The lowest BCUT2D eigenvalue weighted by Crippen LogP contribution is -2.31. The van der Waals surface area contributed by atoms with Crippen molar-refractivity contribution in [2.75, 3.05) is 0 Å². The second-order valence-corrected chi connectivity index (χ2v) is 12.3. The number of carboxylic acids is 1. The minimum atomic E-state index is -0.777. The van der Waals surface area contributed by atoms with E-state index in [9.17, 15) is 24.3 Å². The summed E-state index contributed by atoms with van der Waals surface area (Å²) >= 11 is 0. The Morgan fingerprint density at radius 3 is 1.60 bits per heavy atom. The van der Waals surface area contributed by atoms with Crippen LogP contribution >= 0.6 is 0 Å². The second kappa shape index (κ2) is 13.5. The van der Waals surface area contributed by atoms with Crippen LogP contribution in [0.15, 0.2) is 0 Å². The molecular weight excluding hydrogens is 444 g/mol. The number of hydrogen-bond donors (Lipinski definition) is 1. The molecule has 2 aliphatic rings. The molecule has 0 radical (unpaired) electrons. The third-order valence-corrected chi connectivity index (χ3v) is 8.56. The van der Waals surface area contributed by atoms with Gasteiger partial charge in [-0.3, -0.25) is 19.2 Å². The number of ether oxygens (including phenoxy) is 1. The molecule has 0 amide bonds. The van der Waals surface area contributed by atoms with Crippen LogP contribution in [-0.2, 0) is 23.9 Å². The molecule has 2 rings (SSSR count). The Hall–Kier alpha value is -1.72. The molecule has 1 N–H and O–H groups in total. The number of hydrogen-bond acceptors (Lipinski definition) is 5. The highest BCUT2D eigenvalue weighted by atomic mass is 16.5. The zero-order valence-electron chi connectivity index (χ0n) is 22.5. The highest BCUT2D eigenvalue weighted by molar-refractivity contribution is 5.84. The smallest absolute Gasteiger partial charge is 0.309 e. The van der Waals surface area contributed by atoms with Gasteiger partial charge in [0.2, 0.25) is 0 Å². The zero-order valence-corrected chi connectivity index (χ0v) is 22.5. The first-order valence-corrected chi connectivity index (χ1v) is 13.9. The van der Waals surface area contributed by atoms with Crippen LogP contribution < -0.4 is 0 Å². The molecule has 2 aliphatic carbocycles. The van der Waals surface area contributed by atoms with Crippen LogP contribution in [0, 0.1) is 29.1 Å². The zero-order chi connectivity index (χ0) is 26.1. The van der Waals surface area contributed by atoms with Crippen molar-refractivity contribution >= 4 is 24.0 Å². The van der Waals surface area contributed by atoms with E-state index in [1.54, 1.807) is 13.8 Å². The van der Waals surface area contributed by atoms with Crippen LogP contribution in [0.3, 0.4) is 0 Å². The first-order chi connectivity index (χ1) is 16.5. The lowest BCUT2D eigenvalue weighted by Gasteiger charge is -2.31. The summed E-state index contributed by atoms with van der Waals surface area (Å²) in [7, 11) is 0. The number of carboxylic acid groups (broad SMARTS) is 1. The van der Waals surface area contributed by atoms with E-state index in [0.29, 0.717) is 24.5 Å². The lowest BCUT2D eigenvalue weighted by molar-refractivity contribution is -0.147. The number of ketones is 2. The molecule has 0 aromatic heterocycles. The van der Waals surface area contributed by atoms with Gasteiger partial charge >= 0.3 is 5.97 Å². The van der Waals surface area contributed by atoms with Crippen LogP contribution in [0.1, 0.15) is 124 Å². The summed E-state index contributed by atoms with van der Waals surface area (Å²) in [4.78, 5) is 48.0. The maximum atomic E-state index is 13.1. The van der Waals surface area contributed by atoms with Crippen molar-refractivity contribution in [2.45, 2.75) is 130 Å². The summed E-state index contributed by atoms with van der Waals surface area (Å²) in [5.74, 6) is 0.428. The normalized spacial score (nSPS) is 25.9. The van der Waals surface area contributed by atoms with E-state index in [-0.39, 0.29) is 23.7 Å². The van der Waals surface area contributed by atoms with Gasteiger partial charge in [-0.05, 0) is 98.3 Å². The minimum absolute atomic E-state index is 0.0754. The van der Waals surface area contributed by atoms with Crippen molar-refractivity contribution in [2.24, 2.45) is 29.1 Å². The number of carbonyl (C=O) groups is 4. The summed E-state index contributed by atoms with van der Waals surface area (Å²) in [5, 5.41) is 9.30. The predicted molar refractivity (Wildman–Crippen MR) is 136 cm³/mol. The second-order valence-electron chi connectivity index (χ2n) is 12.3. The largest absolute Gasteiger partial charge is 0.481 e. The van der Waals surface area contributed by atoms with E-state index in [2.05, 4.69) is 0 Å². The Morgan fingerprint density at radius 1 is 0.800 bits per heavy atom. The standard InChI is InChI=1S/C29H48O6/c1-28(2,27(33)34)18-8-16-23-14-6-12-21(25(23)31)10-5-11-22-13-7-15-24(26(22)32)17-9-19-29(3,4)35-20-30/h20-24H,5-19H2,1-4H3,(H,33,34). The molecule has 35 heavy (non-hydrogen) atoms. The number of carbonyl (C=O) groups excluding carboxylic acids is 3. The fraction of sp³-hybridized carbons (Fsp3) is 0.862. The highest BCUT2D eigenvalue weighted by Crippen LogP contribution is 2.36. The Morgan fingerprint density at radius 2 is 1.20 bits per heavy atom. The molecular formula is C29H48O6. The molecule has 0 saturated heterocycles. The van der Waals surface area contributed by atoms with Crippen molar-refractivity contribution in [3.63, 3.8) is 0 Å². The average Bonchev–Trinajstić information content (AvgIpc) is 2.78. The molecule has 6 heteroatoms. The van der Waals surface area contributed by atoms with Crippen molar-refractivity contribution < 1.29 is 29.0 Å². The average molecular weight is 493 g/mol. The van der Waals surface area contributed by atoms with Crippen LogP contribution in [0.25, 0.3) is 0 Å². The quantitative estimate of drug-likeness (QED) is 0.261. The summed E-state index contributed by atoms with van der Waals surface area (Å²) in [5.41, 5.74) is -1.21. The van der Waals surface area contributed by atoms with E-state index in [0.717, 1.165) is 89.9 Å². The fourth-order valence-electron chi connectivity index (χ4n) is 6.07. The Kier molecular flexibility index (Phi) is 11.4. The summed E-state index contributed by atoms with van der Waals surface area (Å²) < 4.78 is 5.12. The van der Waals surface area contributed by atoms with Gasteiger partial charge in [0.25, 0.3) is 6.47 Å². The van der Waals surface area contributed by atoms with E-state index in [1.165, 1.54) is 0 Å². The van der Waals surface area contributed by atoms with Crippen molar-refractivity contribution in [3.8, 4) is 0 Å². The monoisotopic (exact) mass is 492 g/mol. The van der Waals surface area contributed by atoms with Crippen molar-refractivity contribution in [3.05, 3.63) is 0 Å². The molecule has 0 aliphatic heterocycles. The van der Waals surface area contributed by atoms with Crippen LogP contribution in [-0.4, -0.2) is 34.7 Å². The first kappa shape index (κ1) is 29.5. The Bertz CT molecular complexity index is 725. The van der Waals surface area contributed by atoms with E-state index in [4.69, 9.17) is 4.74 Å². The van der Waals surface area contributed by atoms with Gasteiger partial charge in [0.1, 0.15) is 17.2 Å². The Balaban J connectivity index is 1.73. The maximum absolute atomic E-state index is 13.1. The highest BCUT2D eigenvalue weighted by Gasteiger charge is 2.34. The number of aliphatic carboxylic acids is 1. The molecule has 0 heterocycles.